The third kappa shape index (κ3) is 5.80. The average molecular weight is 300 g/mol. The molecule has 112 valence electrons. The van der Waals surface area contributed by atoms with Crippen molar-refractivity contribution in [2.75, 3.05) is 13.2 Å². The monoisotopic (exact) mass is 299 g/mol. The van der Waals surface area contributed by atoms with E-state index in [0.29, 0.717) is 10.8 Å². The number of ether oxygens (including phenoxy) is 1. The van der Waals surface area contributed by atoms with E-state index in [0.717, 1.165) is 0 Å². The van der Waals surface area contributed by atoms with Gasteiger partial charge in [0.1, 0.15) is 5.75 Å². The van der Waals surface area contributed by atoms with Gasteiger partial charge in [-0.1, -0.05) is 31.5 Å². The highest BCUT2D eigenvalue weighted by Crippen LogP contribution is 2.17. The van der Waals surface area contributed by atoms with Crippen LogP contribution in [0.3, 0.4) is 0 Å². The molecule has 0 aliphatic carbocycles. The standard InChI is InChI=1S/C15H22ClNO3/c1-11(2)15(3,19)10-17-14(18)7-8-20-13-6-4-5-12(16)9-13/h4-6,9,11,19H,7-8,10H2,1-3H3,(H,17,18). The topological polar surface area (TPSA) is 58.6 Å². The smallest absolute Gasteiger partial charge is 0.223 e. The Morgan fingerprint density at radius 1 is 1.50 bits per heavy atom. The van der Waals surface area contributed by atoms with E-state index in [-0.39, 0.29) is 31.4 Å². The Hall–Kier alpha value is -1.26. The van der Waals surface area contributed by atoms with E-state index >= 15 is 0 Å². The lowest BCUT2D eigenvalue weighted by Gasteiger charge is -2.27. The number of benzene rings is 1. The molecule has 1 unspecified atom stereocenters. The summed E-state index contributed by atoms with van der Waals surface area (Å²) in [6.07, 6.45) is 0.237. The number of hydrogen-bond donors (Lipinski definition) is 2. The molecule has 0 bridgehead atoms. The van der Waals surface area contributed by atoms with Crippen molar-refractivity contribution in [2.24, 2.45) is 5.92 Å². The summed E-state index contributed by atoms with van der Waals surface area (Å²) >= 11 is 5.83. The molecule has 0 saturated heterocycles. The summed E-state index contributed by atoms with van der Waals surface area (Å²) in [4.78, 5) is 11.6. The maximum absolute atomic E-state index is 11.6. The maximum atomic E-state index is 11.6. The second-order valence-corrected chi connectivity index (χ2v) is 5.78. The fraction of sp³-hybridized carbons (Fsp3) is 0.533. The van der Waals surface area contributed by atoms with E-state index in [1.807, 2.05) is 13.8 Å². The van der Waals surface area contributed by atoms with Crippen molar-refractivity contribution in [1.82, 2.24) is 5.32 Å². The Morgan fingerprint density at radius 3 is 2.80 bits per heavy atom. The zero-order valence-electron chi connectivity index (χ0n) is 12.1. The predicted molar refractivity (Wildman–Crippen MR) is 80.0 cm³/mol. The zero-order valence-corrected chi connectivity index (χ0v) is 12.9. The lowest BCUT2D eigenvalue weighted by atomic mass is 9.92. The molecule has 1 rings (SSSR count). The number of rotatable bonds is 7. The van der Waals surface area contributed by atoms with Crippen molar-refractivity contribution in [2.45, 2.75) is 32.8 Å². The molecule has 5 heteroatoms. The van der Waals surface area contributed by atoms with E-state index in [1.54, 1.807) is 31.2 Å². The summed E-state index contributed by atoms with van der Waals surface area (Å²) in [7, 11) is 0. The van der Waals surface area contributed by atoms with E-state index < -0.39 is 5.60 Å². The van der Waals surface area contributed by atoms with Crippen LogP contribution in [0.25, 0.3) is 0 Å². The number of hydrogen-bond acceptors (Lipinski definition) is 3. The lowest BCUT2D eigenvalue weighted by molar-refractivity contribution is -0.123. The second-order valence-electron chi connectivity index (χ2n) is 5.34. The van der Waals surface area contributed by atoms with Crippen molar-refractivity contribution in [3.63, 3.8) is 0 Å². The molecule has 2 N–H and O–H groups in total. The molecule has 0 saturated carbocycles. The largest absolute Gasteiger partial charge is 0.493 e. The molecule has 1 amide bonds. The summed E-state index contributed by atoms with van der Waals surface area (Å²) in [5.41, 5.74) is -0.899. The fourth-order valence-electron chi connectivity index (χ4n) is 1.39. The quantitative estimate of drug-likeness (QED) is 0.814. The Morgan fingerprint density at radius 2 is 2.20 bits per heavy atom. The van der Waals surface area contributed by atoms with Crippen LogP contribution in [0, 0.1) is 5.92 Å². The number of amides is 1. The molecule has 0 heterocycles. The minimum absolute atomic E-state index is 0.0745. The summed E-state index contributed by atoms with van der Waals surface area (Å²) in [5, 5.41) is 13.3. The number of halogens is 1. The molecule has 20 heavy (non-hydrogen) atoms. The molecule has 0 aliphatic heterocycles. The van der Waals surface area contributed by atoms with Crippen molar-refractivity contribution < 1.29 is 14.6 Å². The third-order valence-corrected chi connectivity index (χ3v) is 3.52. The van der Waals surface area contributed by atoms with Crippen LogP contribution in [-0.4, -0.2) is 29.8 Å². The molecule has 0 radical (unpaired) electrons. The Labute approximate surface area is 125 Å². The molecular formula is C15H22ClNO3. The van der Waals surface area contributed by atoms with Crippen molar-refractivity contribution in [1.29, 1.82) is 0 Å². The number of carbonyl (C=O) groups is 1. The van der Waals surface area contributed by atoms with Gasteiger partial charge < -0.3 is 15.2 Å². The van der Waals surface area contributed by atoms with E-state index in [2.05, 4.69) is 5.32 Å². The van der Waals surface area contributed by atoms with Crippen molar-refractivity contribution in [3.8, 4) is 5.75 Å². The third-order valence-electron chi connectivity index (χ3n) is 3.28. The number of carbonyl (C=O) groups excluding carboxylic acids is 1. The normalized spacial score (nSPS) is 13.9. The summed E-state index contributed by atoms with van der Waals surface area (Å²) in [6, 6.07) is 7.03. The van der Waals surface area contributed by atoms with Gasteiger partial charge in [-0.15, -0.1) is 0 Å². The first-order valence-corrected chi connectivity index (χ1v) is 7.06. The summed E-state index contributed by atoms with van der Waals surface area (Å²) in [5.74, 6) is 0.568. The fourth-order valence-corrected chi connectivity index (χ4v) is 1.57. The van der Waals surface area contributed by atoms with Gasteiger partial charge in [-0.3, -0.25) is 4.79 Å². The molecule has 0 spiro atoms. The minimum Gasteiger partial charge on any atom is -0.493 e. The molecule has 1 atom stereocenters. The van der Waals surface area contributed by atoms with E-state index in [9.17, 15) is 9.90 Å². The van der Waals surface area contributed by atoms with Crippen LogP contribution in [0.4, 0.5) is 0 Å². The summed E-state index contributed by atoms with van der Waals surface area (Å²) in [6.45, 7) is 6.04. The molecule has 0 fully saturated rings. The van der Waals surface area contributed by atoms with Gasteiger partial charge in [-0.25, -0.2) is 0 Å². The highest BCUT2D eigenvalue weighted by molar-refractivity contribution is 6.30. The van der Waals surface area contributed by atoms with Gasteiger partial charge >= 0.3 is 0 Å². The SMILES string of the molecule is CC(C)C(C)(O)CNC(=O)CCOc1cccc(Cl)c1. The zero-order chi connectivity index (χ0) is 15.2. The van der Waals surface area contributed by atoms with Gasteiger partial charge in [-0.05, 0) is 31.0 Å². The molecule has 4 nitrogen and oxygen atoms in total. The predicted octanol–water partition coefficient (Wildman–Crippen LogP) is 2.63. The highest BCUT2D eigenvalue weighted by Gasteiger charge is 2.25. The van der Waals surface area contributed by atoms with Crippen LogP contribution < -0.4 is 10.1 Å². The van der Waals surface area contributed by atoms with Crippen LogP contribution in [0.5, 0.6) is 5.75 Å². The van der Waals surface area contributed by atoms with E-state index in [1.165, 1.54) is 0 Å². The number of nitrogens with one attached hydrogen (secondary N) is 1. The molecule has 1 aromatic carbocycles. The van der Waals surface area contributed by atoms with Gasteiger partial charge in [0, 0.05) is 11.6 Å². The Bertz CT molecular complexity index is 446. The highest BCUT2D eigenvalue weighted by atomic mass is 35.5. The van der Waals surface area contributed by atoms with Gasteiger partial charge in [0.2, 0.25) is 5.91 Å². The van der Waals surface area contributed by atoms with Crippen LogP contribution in [0.15, 0.2) is 24.3 Å². The van der Waals surface area contributed by atoms with Crippen molar-refractivity contribution >= 4 is 17.5 Å². The molecular weight excluding hydrogens is 278 g/mol. The van der Waals surface area contributed by atoms with Gasteiger partial charge in [0.15, 0.2) is 0 Å². The van der Waals surface area contributed by atoms with Gasteiger partial charge in [0.25, 0.3) is 0 Å². The van der Waals surface area contributed by atoms with Crippen LogP contribution in [0.1, 0.15) is 27.2 Å². The number of aliphatic hydroxyl groups is 1. The van der Waals surface area contributed by atoms with Crippen molar-refractivity contribution in [3.05, 3.63) is 29.3 Å². The first-order valence-electron chi connectivity index (χ1n) is 6.68. The average Bonchev–Trinajstić information content (AvgIpc) is 2.36. The Balaban J connectivity index is 2.27. The maximum Gasteiger partial charge on any atom is 0.223 e. The van der Waals surface area contributed by atoms with Crippen LogP contribution >= 0.6 is 11.6 Å². The van der Waals surface area contributed by atoms with Crippen LogP contribution in [-0.2, 0) is 4.79 Å². The van der Waals surface area contributed by atoms with Gasteiger partial charge in [-0.2, -0.15) is 0 Å². The first kappa shape index (κ1) is 16.8. The van der Waals surface area contributed by atoms with Crippen LogP contribution in [0.2, 0.25) is 5.02 Å². The lowest BCUT2D eigenvalue weighted by Crippen LogP contribution is -2.44. The van der Waals surface area contributed by atoms with E-state index in [4.69, 9.17) is 16.3 Å². The minimum atomic E-state index is -0.899. The Kier molecular flexibility index (Phi) is 6.30. The van der Waals surface area contributed by atoms with Gasteiger partial charge in [0.05, 0.1) is 18.6 Å². The summed E-state index contributed by atoms with van der Waals surface area (Å²) < 4.78 is 5.43. The molecule has 1 aromatic rings. The molecule has 0 aromatic heterocycles. The first-order chi connectivity index (χ1) is 9.31. The molecule has 0 aliphatic rings. The second kappa shape index (κ2) is 7.50.